The zero-order valence-electron chi connectivity index (χ0n) is 11.6. The van der Waals surface area contributed by atoms with Crippen LogP contribution in [0.25, 0.3) is 0 Å². The number of nitrogens with one attached hydrogen (secondary N) is 2. The molecule has 0 bridgehead atoms. The van der Waals surface area contributed by atoms with E-state index in [-0.39, 0.29) is 17.7 Å². The smallest absolute Gasteiger partial charge is 0.243 e. The summed E-state index contributed by atoms with van der Waals surface area (Å²) in [5.74, 6) is -0.236. The Morgan fingerprint density at radius 3 is 2.63 bits per heavy atom. The van der Waals surface area contributed by atoms with Gasteiger partial charge in [-0.3, -0.25) is 14.6 Å². The molecule has 0 unspecified atom stereocenters. The predicted molar refractivity (Wildman–Crippen MR) is 73.1 cm³/mol. The molecule has 0 fully saturated rings. The van der Waals surface area contributed by atoms with Crippen LogP contribution in [0.3, 0.4) is 0 Å². The van der Waals surface area contributed by atoms with Crippen molar-refractivity contribution in [1.29, 1.82) is 0 Å². The summed E-state index contributed by atoms with van der Waals surface area (Å²) < 4.78 is 0. The first kappa shape index (κ1) is 15.1. The van der Waals surface area contributed by atoms with Crippen LogP contribution in [0.5, 0.6) is 0 Å². The summed E-state index contributed by atoms with van der Waals surface area (Å²) in [6, 6.07) is 3.21. The summed E-state index contributed by atoms with van der Waals surface area (Å²) in [6.07, 6.45) is 3.76. The first-order valence-electron chi connectivity index (χ1n) is 6.50. The van der Waals surface area contributed by atoms with E-state index >= 15 is 0 Å². The molecule has 1 aromatic rings. The highest BCUT2D eigenvalue weighted by Gasteiger charge is 2.23. The van der Waals surface area contributed by atoms with Crippen LogP contribution in [0.4, 0.5) is 0 Å². The molecule has 0 aromatic carbocycles. The molecule has 1 heterocycles. The number of carbonyl (C=O) groups excluding carboxylic acids is 2. The van der Waals surface area contributed by atoms with Crippen molar-refractivity contribution in [2.24, 2.45) is 5.92 Å². The first-order valence-corrected chi connectivity index (χ1v) is 6.50. The number of pyridine rings is 1. The molecule has 0 aliphatic heterocycles. The zero-order valence-corrected chi connectivity index (χ0v) is 11.6. The Bertz CT molecular complexity index is 418. The van der Waals surface area contributed by atoms with E-state index in [4.69, 9.17) is 0 Å². The molecular formula is C14H21N3O2. The third kappa shape index (κ3) is 5.07. The fourth-order valence-electron chi connectivity index (χ4n) is 1.61. The van der Waals surface area contributed by atoms with Gasteiger partial charge in [-0.2, -0.15) is 0 Å². The normalized spacial score (nSPS) is 12.0. The molecule has 5 nitrogen and oxygen atoms in total. The van der Waals surface area contributed by atoms with Gasteiger partial charge in [0.2, 0.25) is 11.8 Å². The molecule has 0 aliphatic carbocycles. The molecule has 1 rings (SSSR count). The zero-order chi connectivity index (χ0) is 14.3. The first-order chi connectivity index (χ1) is 9.04. The molecule has 1 aromatic heterocycles. The van der Waals surface area contributed by atoms with Gasteiger partial charge in [0.05, 0.1) is 0 Å². The molecule has 1 atom stereocenters. The van der Waals surface area contributed by atoms with Gasteiger partial charge in [-0.05, 0) is 17.5 Å². The van der Waals surface area contributed by atoms with Crippen LogP contribution in [-0.4, -0.2) is 22.8 Å². The second-order valence-electron chi connectivity index (χ2n) is 4.72. The quantitative estimate of drug-likeness (QED) is 0.811. The lowest BCUT2D eigenvalue weighted by Crippen LogP contribution is -2.49. The Balaban J connectivity index is 2.55. The van der Waals surface area contributed by atoms with Gasteiger partial charge in [0.15, 0.2) is 0 Å². The maximum absolute atomic E-state index is 12.1. The van der Waals surface area contributed by atoms with E-state index in [0.717, 1.165) is 5.56 Å². The Kier molecular flexibility index (Phi) is 5.99. The van der Waals surface area contributed by atoms with Gasteiger partial charge in [0, 0.05) is 25.4 Å². The van der Waals surface area contributed by atoms with Gasteiger partial charge in [0.1, 0.15) is 6.04 Å². The lowest BCUT2D eigenvalue weighted by Gasteiger charge is -2.21. The van der Waals surface area contributed by atoms with Gasteiger partial charge in [-0.15, -0.1) is 0 Å². The third-order valence-electron chi connectivity index (χ3n) is 2.78. The monoisotopic (exact) mass is 263 g/mol. The summed E-state index contributed by atoms with van der Waals surface area (Å²) in [5, 5.41) is 5.55. The summed E-state index contributed by atoms with van der Waals surface area (Å²) in [6.45, 7) is 5.99. The number of hydrogen-bond donors (Lipinski definition) is 2. The summed E-state index contributed by atoms with van der Waals surface area (Å²) in [7, 11) is 0. The highest BCUT2D eigenvalue weighted by molar-refractivity contribution is 5.87. The highest BCUT2D eigenvalue weighted by atomic mass is 16.2. The molecule has 2 N–H and O–H groups in total. The SMILES string of the molecule is CCC(=O)N[C@H](C(=O)NCc1cccnc1)C(C)C. The lowest BCUT2D eigenvalue weighted by molar-refractivity contribution is -0.130. The molecule has 5 heteroatoms. The van der Waals surface area contributed by atoms with Crippen molar-refractivity contribution in [1.82, 2.24) is 15.6 Å². The van der Waals surface area contributed by atoms with Crippen LogP contribution < -0.4 is 10.6 Å². The van der Waals surface area contributed by atoms with Crippen LogP contribution in [0.1, 0.15) is 32.8 Å². The van der Waals surface area contributed by atoms with Gasteiger partial charge in [-0.25, -0.2) is 0 Å². The minimum absolute atomic E-state index is 0.0457. The van der Waals surface area contributed by atoms with Crippen LogP contribution in [0.15, 0.2) is 24.5 Å². The molecule has 19 heavy (non-hydrogen) atoms. The number of nitrogens with zero attached hydrogens (tertiary/aromatic N) is 1. The van der Waals surface area contributed by atoms with Crippen molar-refractivity contribution in [3.05, 3.63) is 30.1 Å². The van der Waals surface area contributed by atoms with E-state index < -0.39 is 6.04 Å². The molecule has 0 saturated carbocycles. The minimum atomic E-state index is -0.496. The second-order valence-corrected chi connectivity index (χ2v) is 4.72. The molecule has 0 saturated heterocycles. The topological polar surface area (TPSA) is 71.1 Å². The van der Waals surface area contributed by atoms with Crippen LogP contribution in [0.2, 0.25) is 0 Å². The fourth-order valence-corrected chi connectivity index (χ4v) is 1.61. The number of rotatable bonds is 6. The second kappa shape index (κ2) is 7.51. The van der Waals surface area contributed by atoms with Gasteiger partial charge >= 0.3 is 0 Å². The van der Waals surface area contributed by atoms with Gasteiger partial charge < -0.3 is 10.6 Å². The highest BCUT2D eigenvalue weighted by Crippen LogP contribution is 2.03. The minimum Gasteiger partial charge on any atom is -0.350 e. The Morgan fingerprint density at radius 1 is 1.37 bits per heavy atom. The Morgan fingerprint density at radius 2 is 2.11 bits per heavy atom. The van der Waals surface area contributed by atoms with Crippen molar-refractivity contribution >= 4 is 11.8 Å². The largest absolute Gasteiger partial charge is 0.350 e. The summed E-state index contributed by atoms with van der Waals surface area (Å²) in [5.41, 5.74) is 0.931. The van der Waals surface area contributed by atoms with Crippen molar-refractivity contribution in [2.75, 3.05) is 0 Å². The molecule has 104 valence electrons. The average Bonchev–Trinajstić information content (AvgIpc) is 2.42. The lowest BCUT2D eigenvalue weighted by atomic mass is 10.0. The number of aromatic nitrogens is 1. The van der Waals surface area contributed by atoms with E-state index in [1.165, 1.54) is 0 Å². The van der Waals surface area contributed by atoms with E-state index in [1.54, 1.807) is 19.3 Å². The Hall–Kier alpha value is -1.91. The predicted octanol–water partition coefficient (Wildman–Crippen LogP) is 1.25. The molecule has 2 amide bonds. The van der Waals surface area contributed by atoms with Crippen molar-refractivity contribution < 1.29 is 9.59 Å². The van der Waals surface area contributed by atoms with E-state index in [0.29, 0.717) is 13.0 Å². The molecule has 0 radical (unpaired) electrons. The summed E-state index contributed by atoms with van der Waals surface area (Å²) >= 11 is 0. The maximum Gasteiger partial charge on any atom is 0.243 e. The number of hydrogen-bond acceptors (Lipinski definition) is 3. The van der Waals surface area contributed by atoms with E-state index in [2.05, 4.69) is 15.6 Å². The number of amides is 2. The third-order valence-corrected chi connectivity index (χ3v) is 2.78. The van der Waals surface area contributed by atoms with Crippen LogP contribution >= 0.6 is 0 Å². The van der Waals surface area contributed by atoms with Gasteiger partial charge in [0.25, 0.3) is 0 Å². The summed E-state index contributed by atoms with van der Waals surface area (Å²) in [4.78, 5) is 27.5. The van der Waals surface area contributed by atoms with Crippen LogP contribution in [-0.2, 0) is 16.1 Å². The molecular weight excluding hydrogens is 242 g/mol. The van der Waals surface area contributed by atoms with E-state index in [1.807, 2.05) is 26.0 Å². The number of carbonyl (C=O) groups is 2. The van der Waals surface area contributed by atoms with Gasteiger partial charge in [-0.1, -0.05) is 26.8 Å². The maximum atomic E-state index is 12.1. The van der Waals surface area contributed by atoms with E-state index in [9.17, 15) is 9.59 Å². The molecule has 0 spiro atoms. The Labute approximate surface area is 113 Å². The van der Waals surface area contributed by atoms with Crippen molar-refractivity contribution in [3.8, 4) is 0 Å². The average molecular weight is 263 g/mol. The van der Waals surface area contributed by atoms with Crippen molar-refractivity contribution in [2.45, 2.75) is 39.8 Å². The van der Waals surface area contributed by atoms with Crippen molar-refractivity contribution in [3.63, 3.8) is 0 Å². The standard InChI is InChI=1S/C14H21N3O2/c1-4-12(18)17-13(10(2)3)14(19)16-9-11-6-5-7-15-8-11/h5-8,10,13H,4,9H2,1-3H3,(H,16,19)(H,17,18)/t13-/m0/s1. The van der Waals surface area contributed by atoms with Crippen LogP contribution in [0, 0.1) is 5.92 Å². The molecule has 0 aliphatic rings. The fraction of sp³-hybridized carbons (Fsp3) is 0.500.